The van der Waals surface area contributed by atoms with Gasteiger partial charge in [0.05, 0.1) is 0 Å². The lowest BCUT2D eigenvalue weighted by Crippen LogP contribution is -2.09. The Bertz CT molecular complexity index is 486. The van der Waals surface area contributed by atoms with Gasteiger partial charge in [-0.25, -0.2) is 13.8 Å². The Balaban J connectivity index is 2.53. The summed E-state index contributed by atoms with van der Waals surface area (Å²) < 4.78 is 27.0. The van der Waals surface area contributed by atoms with E-state index in [1.807, 2.05) is 0 Å². The normalized spacial score (nSPS) is 11.8. The summed E-state index contributed by atoms with van der Waals surface area (Å²) in [6.07, 6.45) is 1.32. The summed E-state index contributed by atoms with van der Waals surface area (Å²) in [5.41, 5.74) is -0.825. The number of aromatic amines is 1. The maximum Gasteiger partial charge on any atom is 0.155 e. The van der Waals surface area contributed by atoms with Gasteiger partial charge in [-0.3, -0.25) is 5.10 Å². The molecule has 1 aromatic heterocycles. The monoisotopic (exact) mass is 223 g/mol. The van der Waals surface area contributed by atoms with Crippen molar-refractivity contribution < 1.29 is 8.78 Å². The van der Waals surface area contributed by atoms with Gasteiger partial charge in [-0.2, -0.15) is 5.10 Å². The van der Waals surface area contributed by atoms with Crippen LogP contribution in [0.5, 0.6) is 0 Å². The Morgan fingerprint density at radius 1 is 1.25 bits per heavy atom. The minimum Gasteiger partial charge on any atom is -0.259 e. The van der Waals surface area contributed by atoms with Gasteiger partial charge in [0, 0.05) is 5.56 Å². The average molecular weight is 223 g/mol. The molecule has 0 atom stereocenters. The predicted octanol–water partition coefficient (Wildman–Crippen LogP) is 2.82. The largest absolute Gasteiger partial charge is 0.259 e. The minimum absolute atomic E-state index is 0.277. The molecule has 0 saturated heterocycles. The van der Waals surface area contributed by atoms with Crippen LogP contribution in [0, 0.1) is 5.82 Å². The lowest BCUT2D eigenvalue weighted by atomic mass is 9.98. The van der Waals surface area contributed by atoms with Crippen molar-refractivity contribution in [2.75, 3.05) is 0 Å². The molecule has 2 aromatic rings. The molecule has 16 heavy (non-hydrogen) atoms. The lowest BCUT2D eigenvalue weighted by molar-refractivity contribution is 0.221. The molecule has 0 fully saturated rings. The molecule has 5 heteroatoms. The highest BCUT2D eigenvalue weighted by Gasteiger charge is 2.20. The molecule has 0 aliphatic heterocycles. The van der Waals surface area contributed by atoms with Crippen LogP contribution in [0.15, 0.2) is 24.5 Å². The van der Waals surface area contributed by atoms with Crippen molar-refractivity contribution in [2.45, 2.75) is 19.5 Å². The van der Waals surface area contributed by atoms with E-state index in [0.717, 1.165) is 0 Å². The second-order valence-electron chi connectivity index (χ2n) is 4.04. The highest BCUT2D eigenvalue weighted by molar-refractivity contribution is 5.56. The molecule has 0 amide bonds. The van der Waals surface area contributed by atoms with Crippen LogP contribution in [0.1, 0.15) is 19.4 Å². The summed E-state index contributed by atoms with van der Waals surface area (Å²) >= 11 is 0. The van der Waals surface area contributed by atoms with E-state index in [2.05, 4.69) is 15.2 Å². The summed E-state index contributed by atoms with van der Waals surface area (Å²) in [4.78, 5) is 3.89. The van der Waals surface area contributed by atoms with E-state index in [1.54, 1.807) is 6.07 Å². The number of hydrogen-bond donors (Lipinski definition) is 1. The first-order valence-corrected chi connectivity index (χ1v) is 4.82. The number of nitrogens with one attached hydrogen (secondary N) is 1. The third-order valence-corrected chi connectivity index (χ3v) is 2.27. The molecule has 2 rings (SSSR count). The van der Waals surface area contributed by atoms with Crippen molar-refractivity contribution in [1.82, 2.24) is 15.2 Å². The maximum atomic E-state index is 13.7. The van der Waals surface area contributed by atoms with Gasteiger partial charge in [0.1, 0.15) is 17.8 Å². The molecule has 0 unspecified atom stereocenters. The number of halogens is 2. The van der Waals surface area contributed by atoms with E-state index >= 15 is 0 Å². The fourth-order valence-electron chi connectivity index (χ4n) is 1.41. The Morgan fingerprint density at radius 2 is 2.00 bits per heavy atom. The van der Waals surface area contributed by atoms with Crippen LogP contribution >= 0.6 is 0 Å². The highest BCUT2D eigenvalue weighted by atomic mass is 19.1. The van der Waals surface area contributed by atoms with E-state index in [-0.39, 0.29) is 5.56 Å². The number of alkyl halides is 1. The maximum absolute atomic E-state index is 13.7. The summed E-state index contributed by atoms with van der Waals surface area (Å²) in [7, 11) is 0. The van der Waals surface area contributed by atoms with E-state index in [9.17, 15) is 8.78 Å². The number of benzene rings is 1. The number of hydrogen-bond acceptors (Lipinski definition) is 2. The van der Waals surface area contributed by atoms with Gasteiger partial charge in [0.2, 0.25) is 0 Å². The van der Waals surface area contributed by atoms with Crippen molar-refractivity contribution in [1.29, 1.82) is 0 Å². The Morgan fingerprint density at radius 3 is 2.56 bits per heavy atom. The molecule has 0 aliphatic rings. The summed E-state index contributed by atoms with van der Waals surface area (Å²) in [5, 5.41) is 6.28. The van der Waals surface area contributed by atoms with Gasteiger partial charge >= 0.3 is 0 Å². The van der Waals surface area contributed by atoms with Gasteiger partial charge in [-0.1, -0.05) is 0 Å². The number of nitrogens with zero attached hydrogens (tertiary/aromatic N) is 2. The van der Waals surface area contributed by atoms with Crippen LogP contribution in [-0.4, -0.2) is 15.2 Å². The van der Waals surface area contributed by atoms with E-state index in [0.29, 0.717) is 11.4 Å². The molecule has 1 heterocycles. The summed E-state index contributed by atoms with van der Waals surface area (Å²) in [6.45, 7) is 2.76. The SMILES string of the molecule is CC(C)(F)c1cc(F)cc(-c2ncn[nH]2)c1. The fourth-order valence-corrected chi connectivity index (χ4v) is 1.41. The minimum atomic E-state index is -1.59. The van der Waals surface area contributed by atoms with Gasteiger partial charge in [0.25, 0.3) is 0 Å². The Labute approximate surface area is 91.5 Å². The van der Waals surface area contributed by atoms with Crippen LogP contribution < -0.4 is 0 Å². The first kappa shape index (κ1) is 10.7. The van der Waals surface area contributed by atoms with E-state index < -0.39 is 11.5 Å². The molecule has 84 valence electrons. The zero-order valence-corrected chi connectivity index (χ0v) is 8.96. The van der Waals surface area contributed by atoms with Crippen molar-refractivity contribution in [2.24, 2.45) is 0 Å². The van der Waals surface area contributed by atoms with Gasteiger partial charge in [0.15, 0.2) is 5.82 Å². The quantitative estimate of drug-likeness (QED) is 0.850. The topological polar surface area (TPSA) is 41.6 Å². The van der Waals surface area contributed by atoms with Gasteiger partial charge in [-0.05, 0) is 37.6 Å². The lowest BCUT2D eigenvalue weighted by Gasteiger charge is -2.15. The van der Waals surface area contributed by atoms with Crippen LogP contribution in [0.3, 0.4) is 0 Å². The molecule has 0 aliphatic carbocycles. The predicted molar refractivity (Wildman–Crippen MR) is 55.9 cm³/mol. The van der Waals surface area contributed by atoms with Gasteiger partial charge in [-0.15, -0.1) is 0 Å². The molecular weight excluding hydrogens is 212 g/mol. The summed E-state index contributed by atoms with van der Waals surface area (Å²) in [5.74, 6) is -0.0698. The first-order chi connectivity index (χ1) is 7.47. The van der Waals surface area contributed by atoms with E-state index in [1.165, 1.54) is 32.3 Å². The molecule has 0 spiro atoms. The smallest absolute Gasteiger partial charge is 0.155 e. The molecular formula is C11H11F2N3. The molecule has 0 saturated carbocycles. The Kier molecular flexibility index (Phi) is 2.46. The standard InChI is InChI=1S/C11H11F2N3/c1-11(2,13)8-3-7(4-9(12)5-8)10-14-6-15-16-10/h3-6H,1-2H3,(H,14,15,16). The Hall–Kier alpha value is -1.78. The molecule has 3 nitrogen and oxygen atoms in total. The molecule has 1 aromatic carbocycles. The van der Waals surface area contributed by atoms with Crippen LogP contribution in [0.4, 0.5) is 8.78 Å². The molecule has 0 radical (unpaired) electrons. The third kappa shape index (κ3) is 2.08. The third-order valence-electron chi connectivity index (χ3n) is 2.27. The van der Waals surface area contributed by atoms with Crippen LogP contribution in [-0.2, 0) is 5.67 Å². The fraction of sp³-hybridized carbons (Fsp3) is 0.273. The average Bonchev–Trinajstić information content (AvgIpc) is 2.68. The summed E-state index contributed by atoms with van der Waals surface area (Å²) in [6, 6.07) is 4.03. The van der Waals surface area contributed by atoms with Crippen LogP contribution in [0.2, 0.25) is 0 Å². The van der Waals surface area contributed by atoms with Crippen molar-refractivity contribution in [3.05, 3.63) is 35.9 Å². The van der Waals surface area contributed by atoms with Crippen molar-refractivity contribution in [3.8, 4) is 11.4 Å². The number of H-pyrrole nitrogens is 1. The second-order valence-corrected chi connectivity index (χ2v) is 4.04. The van der Waals surface area contributed by atoms with E-state index in [4.69, 9.17) is 0 Å². The van der Waals surface area contributed by atoms with Crippen molar-refractivity contribution >= 4 is 0 Å². The zero-order valence-electron chi connectivity index (χ0n) is 8.96. The zero-order chi connectivity index (χ0) is 11.8. The molecule has 0 bridgehead atoms. The van der Waals surface area contributed by atoms with Crippen LogP contribution in [0.25, 0.3) is 11.4 Å². The second kappa shape index (κ2) is 3.66. The first-order valence-electron chi connectivity index (χ1n) is 4.82. The number of rotatable bonds is 2. The van der Waals surface area contributed by atoms with Gasteiger partial charge < -0.3 is 0 Å². The molecule has 1 N–H and O–H groups in total. The highest BCUT2D eigenvalue weighted by Crippen LogP contribution is 2.28. The van der Waals surface area contributed by atoms with Crippen molar-refractivity contribution in [3.63, 3.8) is 0 Å². The number of aromatic nitrogens is 3.